The second-order valence-electron chi connectivity index (χ2n) is 6.89. The van der Waals surface area contributed by atoms with Crippen molar-refractivity contribution in [3.8, 4) is 0 Å². The quantitative estimate of drug-likeness (QED) is 0.133. The van der Waals surface area contributed by atoms with Crippen LogP contribution in [0.15, 0.2) is 35.3 Å². The maximum atomic E-state index is 12.7. The van der Waals surface area contributed by atoms with Crippen molar-refractivity contribution in [3.63, 3.8) is 0 Å². The lowest BCUT2D eigenvalue weighted by Gasteiger charge is -2.21. The number of hydrogen-bond donors (Lipinski definition) is 6. The van der Waals surface area contributed by atoms with E-state index in [4.69, 9.17) is 21.9 Å². The third-order valence-corrected chi connectivity index (χ3v) is 4.33. The largest absolute Gasteiger partial charge is 0.480 e. The second-order valence-corrected chi connectivity index (χ2v) is 6.89. The molecule has 0 aromatic heterocycles. The lowest BCUT2D eigenvalue weighted by molar-refractivity contribution is -0.142. The normalized spacial score (nSPS) is 12.3. The highest BCUT2D eigenvalue weighted by Crippen LogP contribution is 2.06. The first-order valence-corrected chi connectivity index (χ1v) is 10.1. The van der Waals surface area contributed by atoms with Gasteiger partial charge in [0.15, 0.2) is 5.96 Å². The molecular formula is C20H32N6O5. The van der Waals surface area contributed by atoms with Crippen molar-refractivity contribution in [2.45, 2.75) is 50.8 Å². The molecule has 11 heteroatoms. The minimum Gasteiger partial charge on any atom is -0.480 e. The van der Waals surface area contributed by atoms with Gasteiger partial charge in [-0.3, -0.25) is 9.79 Å². The van der Waals surface area contributed by atoms with E-state index in [2.05, 4.69) is 15.6 Å². The van der Waals surface area contributed by atoms with Crippen LogP contribution in [-0.4, -0.2) is 54.2 Å². The first-order valence-electron chi connectivity index (χ1n) is 10.1. The molecule has 0 spiro atoms. The number of nitrogens with two attached hydrogens (primary N) is 3. The number of carboxylic acids is 1. The zero-order valence-electron chi connectivity index (χ0n) is 17.5. The maximum absolute atomic E-state index is 12.7. The summed E-state index contributed by atoms with van der Waals surface area (Å²) in [6.45, 7) is 0.722. The Balaban J connectivity index is 2.70. The molecule has 0 bridgehead atoms. The molecule has 31 heavy (non-hydrogen) atoms. The van der Waals surface area contributed by atoms with Crippen molar-refractivity contribution in [3.05, 3.63) is 35.9 Å². The molecule has 2 amide bonds. The van der Waals surface area contributed by atoms with E-state index in [0.717, 1.165) is 5.56 Å². The van der Waals surface area contributed by atoms with Gasteiger partial charge in [0.1, 0.15) is 18.7 Å². The van der Waals surface area contributed by atoms with Gasteiger partial charge in [0.2, 0.25) is 5.91 Å². The Labute approximate surface area is 181 Å². The molecule has 0 heterocycles. The average molecular weight is 437 g/mol. The Bertz CT molecular complexity index is 724. The number of carboxylic acid groups (broad SMARTS) is 1. The van der Waals surface area contributed by atoms with Crippen LogP contribution in [0, 0.1) is 0 Å². The van der Waals surface area contributed by atoms with Crippen LogP contribution in [0.25, 0.3) is 0 Å². The van der Waals surface area contributed by atoms with Crippen LogP contribution < -0.4 is 27.8 Å². The van der Waals surface area contributed by atoms with Crippen LogP contribution in [0.3, 0.4) is 0 Å². The molecule has 1 aromatic carbocycles. The molecule has 0 aliphatic rings. The number of aliphatic carboxylic acids is 1. The number of carbonyl (C=O) groups excluding carboxylic acids is 2. The number of carbonyl (C=O) groups is 3. The number of guanidine groups is 1. The Hall–Kier alpha value is -3.34. The third kappa shape index (κ3) is 11.4. The van der Waals surface area contributed by atoms with Crippen LogP contribution in [0.2, 0.25) is 0 Å². The lowest BCUT2D eigenvalue weighted by Crippen LogP contribution is -2.51. The SMILES string of the molecule is NCCCC[C@H](NC(=O)[C@H](CCCN=C(N)N)NC(=O)OCc1ccccc1)C(=O)O. The predicted molar refractivity (Wildman–Crippen MR) is 116 cm³/mol. The van der Waals surface area contributed by atoms with E-state index in [0.29, 0.717) is 25.8 Å². The van der Waals surface area contributed by atoms with Crippen LogP contribution in [0.1, 0.15) is 37.7 Å². The number of aliphatic imine (C=N–C) groups is 1. The van der Waals surface area contributed by atoms with Crippen LogP contribution in [0.4, 0.5) is 4.79 Å². The van der Waals surface area contributed by atoms with E-state index >= 15 is 0 Å². The molecule has 172 valence electrons. The summed E-state index contributed by atoms with van der Waals surface area (Å²) in [5.74, 6) is -1.86. The number of rotatable bonds is 14. The van der Waals surface area contributed by atoms with Gasteiger partial charge in [0, 0.05) is 6.54 Å². The Morgan fingerprint density at radius 2 is 1.68 bits per heavy atom. The van der Waals surface area contributed by atoms with Gasteiger partial charge in [-0.2, -0.15) is 0 Å². The van der Waals surface area contributed by atoms with Gasteiger partial charge >= 0.3 is 12.1 Å². The number of unbranched alkanes of at least 4 members (excludes halogenated alkanes) is 1. The first kappa shape index (κ1) is 25.7. The number of hydrogen-bond acceptors (Lipinski definition) is 6. The molecule has 0 saturated carbocycles. The Kier molecular flexibility index (Phi) is 12.1. The summed E-state index contributed by atoms with van der Waals surface area (Å²) in [5, 5.41) is 14.3. The number of nitrogens with zero attached hydrogens (tertiary/aromatic N) is 1. The van der Waals surface area contributed by atoms with E-state index in [1.807, 2.05) is 18.2 Å². The fourth-order valence-corrected chi connectivity index (χ4v) is 2.70. The van der Waals surface area contributed by atoms with Crippen molar-refractivity contribution < 1.29 is 24.2 Å². The topological polar surface area (TPSA) is 195 Å². The van der Waals surface area contributed by atoms with Crippen molar-refractivity contribution in [1.82, 2.24) is 10.6 Å². The molecule has 0 aliphatic carbocycles. The minimum atomic E-state index is -1.16. The van der Waals surface area contributed by atoms with Crippen molar-refractivity contribution >= 4 is 23.9 Å². The summed E-state index contributed by atoms with van der Waals surface area (Å²) in [7, 11) is 0. The van der Waals surface area contributed by atoms with Crippen molar-refractivity contribution in [2.24, 2.45) is 22.2 Å². The zero-order valence-corrected chi connectivity index (χ0v) is 17.5. The number of alkyl carbamates (subject to hydrolysis) is 1. The highest BCUT2D eigenvalue weighted by molar-refractivity contribution is 5.89. The summed E-state index contributed by atoms with van der Waals surface area (Å²) in [4.78, 5) is 40.2. The summed E-state index contributed by atoms with van der Waals surface area (Å²) >= 11 is 0. The van der Waals surface area contributed by atoms with Crippen LogP contribution in [-0.2, 0) is 20.9 Å². The molecular weight excluding hydrogens is 404 g/mol. The summed E-state index contributed by atoms with van der Waals surface area (Å²) in [5.41, 5.74) is 16.8. The third-order valence-electron chi connectivity index (χ3n) is 4.33. The number of benzene rings is 1. The fraction of sp³-hybridized carbons (Fsp3) is 0.500. The summed E-state index contributed by atoms with van der Waals surface area (Å²) < 4.78 is 5.16. The fourth-order valence-electron chi connectivity index (χ4n) is 2.70. The zero-order chi connectivity index (χ0) is 23.1. The molecule has 0 fully saturated rings. The van der Waals surface area contributed by atoms with E-state index in [9.17, 15) is 19.5 Å². The lowest BCUT2D eigenvalue weighted by atomic mass is 10.1. The van der Waals surface area contributed by atoms with Gasteiger partial charge in [0.05, 0.1) is 0 Å². The van der Waals surface area contributed by atoms with E-state index in [1.54, 1.807) is 12.1 Å². The Morgan fingerprint density at radius 1 is 1.00 bits per heavy atom. The molecule has 9 N–H and O–H groups in total. The van der Waals surface area contributed by atoms with Gasteiger partial charge in [-0.15, -0.1) is 0 Å². The first-order chi connectivity index (χ1) is 14.8. The Morgan fingerprint density at radius 3 is 2.29 bits per heavy atom. The van der Waals surface area contributed by atoms with Crippen LogP contribution >= 0.6 is 0 Å². The molecule has 0 aliphatic heterocycles. The molecule has 1 aromatic rings. The van der Waals surface area contributed by atoms with E-state index in [1.165, 1.54) is 0 Å². The molecule has 0 unspecified atom stereocenters. The van der Waals surface area contributed by atoms with Gasteiger partial charge in [-0.1, -0.05) is 30.3 Å². The number of ether oxygens (including phenoxy) is 1. The van der Waals surface area contributed by atoms with Crippen molar-refractivity contribution in [2.75, 3.05) is 13.1 Å². The molecule has 11 nitrogen and oxygen atoms in total. The van der Waals surface area contributed by atoms with Crippen LogP contribution in [0.5, 0.6) is 0 Å². The van der Waals surface area contributed by atoms with Crippen molar-refractivity contribution in [1.29, 1.82) is 0 Å². The smallest absolute Gasteiger partial charge is 0.408 e. The average Bonchev–Trinajstić information content (AvgIpc) is 2.74. The van der Waals surface area contributed by atoms with E-state index < -0.39 is 30.1 Å². The molecule has 1 rings (SSSR count). The maximum Gasteiger partial charge on any atom is 0.408 e. The standard InChI is InChI=1S/C20H32N6O5/c21-11-5-4-9-16(18(28)29)25-17(27)15(10-6-12-24-19(22)23)26-20(30)31-13-14-7-2-1-3-8-14/h1-3,7-8,15-16H,4-6,9-13,21H2,(H,25,27)(H,26,30)(H,28,29)(H4,22,23,24)/t15-,16-/m0/s1. The summed E-state index contributed by atoms with van der Waals surface area (Å²) in [6, 6.07) is 6.97. The van der Waals surface area contributed by atoms with Gasteiger partial charge in [-0.05, 0) is 44.2 Å². The molecule has 0 radical (unpaired) electrons. The van der Waals surface area contributed by atoms with Gasteiger partial charge < -0.3 is 37.7 Å². The summed E-state index contributed by atoms with van der Waals surface area (Å²) in [6.07, 6.45) is 1.22. The second kappa shape index (κ2) is 14.6. The number of amides is 2. The minimum absolute atomic E-state index is 0.0336. The van der Waals surface area contributed by atoms with E-state index in [-0.39, 0.29) is 32.0 Å². The highest BCUT2D eigenvalue weighted by Gasteiger charge is 2.26. The molecule has 2 atom stereocenters. The number of nitrogens with one attached hydrogen (secondary N) is 2. The molecule has 0 saturated heterocycles. The monoisotopic (exact) mass is 436 g/mol. The van der Waals surface area contributed by atoms with Gasteiger partial charge in [0.25, 0.3) is 0 Å². The highest BCUT2D eigenvalue weighted by atomic mass is 16.5. The predicted octanol–water partition coefficient (Wildman–Crippen LogP) is 0.0334. The van der Waals surface area contributed by atoms with Gasteiger partial charge in [-0.25, -0.2) is 9.59 Å².